The first-order valence-electron chi connectivity index (χ1n) is 7.23. The minimum absolute atomic E-state index is 0.884. The summed E-state index contributed by atoms with van der Waals surface area (Å²) in [6, 6.07) is 9.89. The van der Waals surface area contributed by atoms with Crippen molar-refractivity contribution in [1.29, 1.82) is 0 Å². The maximum absolute atomic E-state index is 5.66. The number of allylic oxidation sites excluding steroid dienone is 1. The minimum atomic E-state index is 0.884. The van der Waals surface area contributed by atoms with E-state index in [4.69, 9.17) is 4.74 Å². The molecule has 0 aliphatic carbocycles. The second kappa shape index (κ2) is 9.76. The predicted molar refractivity (Wildman–Crippen MR) is 78.8 cm³/mol. The average molecular weight is 246 g/mol. The molecule has 0 unspecified atom stereocenters. The Hall–Kier alpha value is -1.24. The van der Waals surface area contributed by atoms with Crippen LogP contribution < -0.4 is 4.74 Å². The SMILES string of the molecule is C=C(CCCCCCCCC)Oc1ccccc1. The summed E-state index contributed by atoms with van der Waals surface area (Å²) in [7, 11) is 0. The molecular weight excluding hydrogens is 220 g/mol. The van der Waals surface area contributed by atoms with Crippen LogP contribution in [-0.2, 0) is 0 Å². The van der Waals surface area contributed by atoms with E-state index in [1.807, 2.05) is 30.3 Å². The molecule has 1 nitrogen and oxygen atoms in total. The Morgan fingerprint density at radius 3 is 2.22 bits per heavy atom. The summed E-state index contributed by atoms with van der Waals surface area (Å²) in [5.41, 5.74) is 0. The summed E-state index contributed by atoms with van der Waals surface area (Å²) < 4.78 is 5.66. The van der Waals surface area contributed by atoms with Gasteiger partial charge in [0.15, 0.2) is 0 Å². The van der Waals surface area contributed by atoms with Crippen LogP contribution in [0.4, 0.5) is 0 Å². The Labute approximate surface area is 112 Å². The van der Waals surface area contributed by atoms with Gasteiger partial charge in [-0.15, -0.1) is 0 Å². The molecule has 0 fully saturated rings. The smallest absolute Gasteiger partial charge is 0.126 e. The number of para-hydroxylation sites is 1. The zero-order valence-electron chi connectivity index (χ0n) is 11.7. The summed E-state index contributed by atoms with van der Waals surface area (Å²) in [6.07, 6.45) is 10.3. The van der Waals surface area contributed by atoms with E-state index in [1.54, 1.807) is 0 Å². The quantitative estimate of drug-likeness (QED) is 0.379. The summed E-state index contributed by atoms with van der Waals surface area (Å²) in [5.74, 6) is 1.78. The third-order valence-electron chi connectivity index (χ3n) is 3.06. The fraction of sp³-hybridized carbons (Fsp3) is 0.529. The van der Waals surface area contributed by atoms with Crippen molar-refractivity contribution in [2.45, 2.75) is 58.3 Å². The lowest BCUT2D eigenvalue weighted by molar-refractivity contribution is 0.397. The molecule has 0 bridgehead atoms. The van der Waals surface area contributed by atoms with Gasteiger partial charge in [-0.25, -0.2) is 0 Å². The van der Waals surface area contributed by atoms with Gasteiger partial charge in [-0.1, -0.05) is 70.2 Å². The molecule has 0 atom stereocenters. The average Bonchev–Trinajstić information content (AvgIpc) is 2.39. The first-order valence-corrected chi connectivity index (χ1v) is 7.23. The van der Waals surface area contributed by atoms with E-state index in [9.17, 15) is 0 Å². The first kappa shape index (κ1) is 14.8. The molecule has 1 aromatic rings. The van der Waals surface area contributed by atoms with Crippen molar-refractivity contribution >= 4 is 0 Å². The molecule has 1 aromatic carbocycles. The van der Waals surface area contributed by atoms with Crippen LogP contribution in [0.5, 0.6) is 5.75 Å². The Morgan fingerprint density at radius 2 is 1.56 bits per heavy atom. The summed E-state index contributed by atoms with van der Waals surface area (Å²) in [4.78, 5) is 0. The largest absolute Gasteiger partial charge is 0.462 e. The predicted octanol–water partition coefficient (Wildman–Crippen LogP) is 5.72. The fourth-order valence-electron chi connectivity index (χ4n) is 1.99. The van der Waals surface area contributed by atoms with E-state index in [1.165, 1.54) is 44.9 Å². The highest BCUT2D eigenvalue weighted by Crippen LogP contribution is 2.16. The first-order chi connectivity index (χ1) is 8.83. The van der Waals surface area contributed by atoms with E-state index in [2.05, 4.69) is 13.5 Å². The van der Waals surface area contributed by atoms with E-state index < -0.39 is 0 Å². The van der Waals surface area contributed by atoms with Gasteiger partial charge in [0.05, 0.1) is 5.76 Å². The van der Waals surface area contributed by atoms with Crippen molar-refractivity contribution in [1.82, 2.24) is 0 Å². The fourth-order valence-corrected chi connectivity index (χ4v) is 1.99. The van der Waals surface area contributed by atoms with Gasteiger partial charge in [-0.3, -0.25) is 0 Å². The van der Waals surface area contributed by atoms with Crippen molar-refractivity contribution in [3.05, 3.63) is 42.7 Å². The molecular formula is C17H26O. The van der Waals surface area contributed by atoms with Crippen LogP contribution in [0.25, 0.3) is 0 Å². The highest BCUT2D eigenvalue weighted by molar-refractivity contribution is 5.22. The third kappa shape index (κ3) is 7.16. The maximum atomic E-state index is 5.66. The second-order valence-electron chi connectivity index (χ2n) is 4.83. The zero-order chi connectivity index (χ0) is 13.1. The van der Waals surface area contributed by atoms with Crippen LogP contribution in [0, 0.1) is 0 Å². The zero-order valence-corrected chi connectivity index (χ0v) is 11.7. The standard InChI is InChI=1S/C17H26O/c1-3-4-5-6-7-8-10-13-16(2)18-17-14-11-9-12-15-17/h9,11-12,14-15H,2-8,10,13H2,1H3. The van der Waals surface area contributed by atoms with E-state index in [-0.39, 0.29) is 0 Å². The van der Waals surface area contributed by atoms with Crippen molar-refractivity contribution in [3.63, 3.8) is 0 Å². The molecule has 0 heterocycles. The number of rotatable bonds is 10. The number of ether oxygens (including phenoxy) is 1. The number of hydrogen-bond acceptors (Lipinski definition) is 1. The van der Waals surface area contributed by atoms with Gasteiger partial charge in [0.25, 0.3) is 0 Å². The lowest BCUT2D eigenvalue weighted by Gasteiger charge is -2.08. The Morgan fingerprint density at radius 1 is 0.944 bits per heavy atom. The topological polar surface area (TPSA) is 9.23 Å². The molecule has 100 valence electrons. The summed E-state index contributed by atoms with van der Waals surface area (Å²) >= 11 is 0. The minimum Gasteiger partial charge on any atom is -0.462 e. The van der Waals surface area contributed by atoms with Crippen molar-refractivity contribution < 1.29 is 4.74 Å². The van der Waals surface area contributed by atoms with Gasteiger partial charge in [0.2, 0.25) is 0 Å². The van der Waals surface area contributed by atoms with E-state index in [0.29, 0.717) is 0 Å². The van der Waals surface area contributed by atoms with Crippen LogP contribution in [0.3, 0.4) is 0 Å². The number of benzene rings is 1. The van der Waals surface area contributed by atoms with Gasteiger partial charge in [0.1, 0.15) is 5.75 Å². The normalized spacial score (nSPS) is 10.3. The molecule has 0 radical (unpaired) electrons. The molecule has 0 N–H and O–H groups in total. The van der Waals surface area contributed by atoms with Crippen LogP contribution in [0.15, 0.2) is 42.7 Å². The molecule has 1 heteroatoms. The molecule has 0 aromatic heterocycles. The Bertz CT molecular complexity index is 316. The molecule has 0 saturated heterocycles. The third-order valence-corrected chi connectivity index (χ3v) is 3.06. The molecule has 0 spiro atoms. The number of unbranched alkanes of at least 4 members (excludes halogenated alkanes) is 6. The molecule has 18 heavy (non-hydrogen) atoms. The van der Waals surface area contributed by atoms with Crippen molar-refractivity contribution in [3.8, 4) is 5.75 Å². The highest BCUT2D eigenvalue weighted by atomic mass is 16.5. The molecule has 0 aliphatic heterocycles. The Kier molecular flexibility index (Phi) is 8.03. The van der Waals surface area contributed by atoms with Crippen LogP contribution in [0.2, 0.25) is 0 Å². The maximum Gasteiger partial charge on any atom is 0.126 e. The van der Waals surface area contributed by atoms with Crippen molar-refractivity contribution in [2.75, 3.05) is 0 Å². The Balaban J connectivity index is 2.00. The van der Waals surface area contributed by atoms with Crippen LogP contribution in [-0.4, -0.2) is 0 Å². The van der Waals surface area contributed by atoms with E-state index in [0.717, 1.165) is 17.9 Å². The molecule has 0 aliphatic rings. The lowest BCUT2D eigenvalue weighted by atomic mass is 10.1. The van der Waals surface area contributed by atoms with Crippen molar-refractivity contribution in [2.24, 2.45) is 0 Å². The van der Waals surface area contributed by atoms with E-state index >= 15 is 0 Å². The lowest BCUT2D eigenvalue weighted by Crippen LogP contribution is -1.93. The van der Waals surface area contributed by atoms with Crippen LogP contribution >= 0.6 is 0 Å². The van der Waals surface area contributed by atoms with Gasteiger partial charge >= 0.3 is 0 Å². The summed E-state index contributed by atoms with van der Waals surface area (Å²) in [6.45, 7) is 6.23. The second-order valence-corrected chi connectivity index (χ2v) is 4.83. The number of hydrogen-bond donors (Lipinski definition) is 0. The monoisotopic (exact) mass is 246 g/mol. The van der Waals surface area contributed by atoms with Gasteiger partial charge in [-0.05, 0) is 18.6 Å². The van der Waals surface area contributed by atoms with Gasteiger partial charge in [0, 0.05) is 6.42 Å². The van der Waals surface area contributed by atoms with Gasteiger partial charge in [-0.2, -0.15) is 0 Å². The molecule has 1 rings (SSSR count). The summed E-state index contributed by atoms with van der Waals surface area (Å²) in [5, 5.41) is 0. The highest BCUT2D eigenvalue weighted by Gasteiger charge is 1.98. The van der Waals surface area contributed by atoms with Crippen LogP contribution in [0.1, 0.15) is 58.3 Å². The molecule has 0 saturated carbocycles. The van der Waals surface area contributed by atoms with Gasteiger partial charge < -0.3 is 4.74 Å². The molecule has 0 amide bonds.